The van der Waals surface area contributed by atoms with Crippen molar-refractivity contribution < 1.29 is 0 Å². The van der Waals surface area contributed by atoms with Gasteiger partial charge in [-0.15, -0.1) is 11.3 Å². The van der Waals surface area contributed by atoms with E-state index in [0.29, 0.717) is 0 Å². The molecule has 1 heterocycles. The van der Waals surface area contributed by atoms with Crippen molar-refractivity contribution in [1.82, 2.24) is 0 Å². The normalized spacial score (nSPS) is 26.9. The highest BCUT2D eigenvalue weighted by Crippen LogP contribution is 2.34. The molecular weight excluding hydrogens is 178 g/mol. The van der Waals surface area contributed by atoms with Gasteiger partial charge in [-0.25, -0.2) is 0 Å². The average Bonchev–Trinajstić information content (AvgIpc) is 2.46. The molecule has 0 amide bonds. The average molecular weight is 195 g/mol. The number of thiophene rings is 1. The van der Waals surface area contributed by atoms with Crippen molar-refractivity contribution in [2.75, 3.05) is 5.32 Å². The van der Waals surface area contributed by atoms with Gasteiger partial charge in [0.15, 0.2) is 0 Å². The van der Waals surface area contributed by atoms with Crippen LogP contribution in [0.25, 0.3) is 0 Å². The summed E-state index contributed by atoms with van der Waals surface area (Å²) in [7, 11) is 0. The number of hydrogen-bond acceptors (Lipinski definition) is 2. The highest BCUT2D eigenvalue weighted by molar-refractivity contribution is 7.08. The lowest BCUT2D eigenvalue weighted by atomic mass is 9.78. The molecule has 0 spiro atoms. The number of nitrogens with one attached hydrogen (secondary N) is 1. The second-order valence-electron chi connectivity index (χ2n) is 3.96. The van der Waals surface area contributed by atoms with Gasteiger partial charge in [0.05, 0.1) is 0 Å². The van der Waals surface area contributed by atoms with Crippen LogP contribution in [-0.4, -0.2) is 6.04 Å². The first-order chi connectivity index (χ1) is 6.31. The lowest BCUT2D eigenvalue weighted by Gasteiger charge is -2.37. The van der Waals surface area contributed by atoms with E-state index in [1.165, 1.54) is 30.5 Å². The molecule has 1 N–H and O–H groups in total. The Morgan fingerprint density at radius 2 is 2.31 bits per heavy atom. The molecule has 0 radical (unpaired) electrons. The van der Waals surface area contributed by atoms with E-state index >= 15 is 0 Å². The van der Waals surface area contributed by atoms with E-state index in [-0.39, 0.29) is 0 Å². The Morgan fingerprint density at radius 1 is 1.46 bits per heavy atom. The number of hydrogen-bond donors (Lipinski definition) is 1. The topological polar surface area (TPSA) is 12.0 Å². The van der Waals surface area contributed by atoms with E-state index in [0.717, 1.165) is 12.0 Å². The third kappa shape index (κ3) is 1.73. The van der Waals surface area contributed by atoms with Crippen molar-refractivity contribution >= 4 is 17.0 Å². The first-order valence-corrected chi connectivity index (χ1v) is 6.05. The maximum absolute atomic E-state index is 3.64. The van der Waals surface area contributed by atoms with Gasteiger partial charge >= 0.3 is 0 Å². The van der Waals surface area contributed by atoms with Crippen LogP contribution in [0, 0.1) is 12.8 Å². The fraction of sp³-hybridized carbons (Fsp3) is 0.636. The molecule has 1 nitrogen and oxygen atoms in total. The molecule has 1 aliphatic carbocycles. The fourth-order valence-corrected chi connectivity index (χ4v) is 2.74. The van der Waals surface area contributed by atoms with Gasteiger partial charge in [0.2, 0.25) is 0 Å². The Balaban J connectivity index is 1.95. The monoisotopic (exact) mass is 195 g/mol. The summed E-state index contributed by atoms with van der Waals surface area (Å²) in [5.74, 6) is 0.916. The van der Waals surface area contributed by atoms with Gasteiger partial charge in [-0.2, -0.15) is 0 Å². The van der Waals surface area contributed by atoms with Gasteiger partial charge < -0.3 is 5.32 Å². The highest BCUT2D eigenvalue weighted by atomic mass is 32.1. The quantitative estimate of drug-likeness (QED) is 0.776. The van der Waals surface area contributed by atoms with Crippen LogP contribution >= 0.6 is 11.3 Å². The molecule has 0 aliphatic heterocycles. The second kappa shape index (κ2) is 3.70. The SMILES string of the molecule is CCC1CCC1Nc1cscc1C. The molecule has 1 aliphatic rings. The Morgan fingerprint density at radius 3 is 2.77 bits per heavy atom. The zero-order chi connectivity index (χ0) is 9.26. The van der Waals surface area contributed by atoms with E-state index in [9.17, 15) is 0 Å². The van der Waals surface area contributed by atoms with Crippen LogP contribution in [0.1, 0.15) is 31.7 Å². The summed E-state index contributed by atoms with van der Waals surface area (Å²) in [6.45, 7) is 4.47. The summed E-state index contributed by atoms with van der Waals surface area (Å²) in [4.78, 5) is 0. The van der Waals surface area contributed by atoms with E-state index < -0.39 is 0 Å². The lowest BCUT2D eigenvalue weighted by molar-refractivity contribution is 0.269. The maximum atomic E-state index is 3.64. The zero-order valence-electron chi connectivity index (χ0n) is 8.34. The molecule has 1 fully saturated rings. The predicted octanol–water partition coefficient (Wildman–Crippen LogP) is 3.66. The first-order valence-electron chi connectivity index (χ1n) is 5.10. The molecule has 0 saturated heterocycles. The van der Waals surface area contributed by atoms with Crippen molar-refractivity contribution in [2.45, 2.75) is 39.2 Å². The smallest absolute Gasteiger partial charge is 0.0480 e. The highest BCUT2D eigenvalue weighted by Gasteiger charge is 2.29. The lowest BCUT2D eigenvalue weighted by Crippen LogP contribution is -2.37. The minimum Gasteiger partial charge on any atom is -0.381 e. The van der Waals surface area contributed by atoms with Gasteiger partial charge in [-0.1, -0.05) is 13.3 Å². The molecule has 2 rings (SSSR count). The molecule has 2 atom stereocenters. The summed E-state index contributed by atoms with van der Waals surface area (Å²) in [6, 6.07) is 0.748. The van der Waals surface area contributed by atoms with E-state index in [1.807, 2.05) is 0 Å². The molecule has 72 valence electrons. The van der Waals surface area contributed by atoms with Gasteiger partial charge in [0, 0.05) is 17.1 Å². The summed E-state index contributed by atoms with van der Waals surface area (Å²) in [5.41, 5.74) is 2.75. The third-order valence-corrected chi connectivity index (χ3v) is 4.00. The third-order valence-electron chi connectivity index (χ3n) is 3.14. The number of aryl methyl sites for hydroxylation is 1. The van der Waals surface area contributed by atoms with Crippen molar-refractivity contribution in [3.63, 3.8) is 0 Å². The second-order valence-corrected chi connectivity index (χ2v) is 4.71. The molecule has 2 unspecified atom stereocenters. The van der Waals surface area contributed by atoms with Gasteiger partial charge in [0.1, 0.15) is 0 Å². The van der Waals surface area contributed by atoms with Crippen LogP contribution in [-0.2, 0) is 0 Å². The Labute approximate surface area is 84.2 Å². The number of rotatable bonds is 3. The van der Waals surface area contributed by atoms with Crippen LogP contribution in [0.2, 0.25) is 0 Å². The fourth-order valence-electron chi connectivity index (χ4n) is 1.96. The largest absolute Gasteiger partial charge is 0.381 e. The zero-order valence-corrected chi connectivity index (χ0v) is 9.16. The standard InChI is InChI=1S/C11H17NS/c1-3-9-4-5-10(9)12-11-7-13-6-8(11)2/h6-7,9-10,12H,3-5H2,1-2H3. The Kier molecular flexibility index (Phi) is 2.58. The van der Waals surface area contributed by atoms with Crippen molar-refractivity contribution in [3.8, 4) is 0 Å². The summed E-state index contributed by atoms with van der Waals surface area (Å²) in [5, 5.41) is 8.07. The predicted molar refractivity (Wildman–Crippen MR) is 59.5 cm³/mol. The molecule has 0 bridgehead atoms. The maximum Gasteiger partial charge on any atom is 0.0480 e. The molecular formula is C11H17NS. The van der Waals surface area contributed by atoms with E-state index in [4.69, 9.17) is 0 Å². The minimum atomic E-state index is 0.748. The van der Waals surface area contributed by atoms with E-state index in [1.54, 1.807) is 11.3 Å². The first kappa shape index (κ1) is 9.07. The van der Waals surface area contributed by atoms with Crippen LogP contribution in [0.15, 0.2) is 10.8 Å². The van der Waals surface area contributed by atoms with Crippen LogP contribution in [0.5, 0.6) is 0 Å². The number of anilines is 1. The summed E-state index contributed by atoms with van der Waals surface area (Å²) >= 11 is 1.79. The van der Waals surface area contributed by atoms with Crippen molar-refractivity contribution in [1.29, 1.82) is 0 Å². The molecule has 13 heavy (non-hydrogen) atoms. The van der Waals surface area contributed by atoms with Crippen LogP contribution < -0.4 is 5.32 Å². The van der Waals surface area contributed by atoms with E-state index in [2.05, 4.69) is 29.9 Å². The van der Waals surface area contributed by atoms with Gasteiger partial charge in [0.25, 0.3) is 0 Å². The van der Waals surface area contributed by atoms with Crippen LogP contribution in [0.4, 0.5) is 5.69 Å². The van der Waals surface area contributed by atoms with Crippen LogP contribution in [0.3, 0.4) is 0 Å². The molecule has 1 aromatic rings. The molecule has 2 heteroatoms. The van der Waals surface area contributed by atoms with Gasteiger partial charge in [-0.05, 0) is 36.6 Å². The Bertz CT molecular complexity index is 277. The summed E-state index contributed by atoms with van der Waals surface area (Å²) in [6.07, 6.45) is 4.09. The molecule has 0 aromatic carbocycles. The minimum absolute atomic E-state index is 0.748. The summed E-state index contributed by atoms with van der Waals surface area (Å²) < 4.78 is 0. The van der Waals surface area contributed by atoms with Crippen molar-refractivity contribution in [3.05, 3.63) is 16.3 Å². The Hall–Kier alpha value is -0.500. The molecule has 1 saturated carbocycles. The molecule has 1 aromatic heterocycles. The van der Waals surface area contributed by atoms with Gasteiger partial charge in [-0.3, -0.25) is 0 Å². The van der Waals surface area contributed by atoms with Crippen molar-refractivity contribution in [2.24, 2.45) is 5.92 Å².